The molecule has 38 heavy (non-hydrogen) atoms. The Balaban J connectivity index is 1.47. The number of methoxy groups -OCH3 is 1. The van der Waals surface area contributed by atoms with E-state index < -0.39 is 6.04 Å². The van der Waals surface area contributed by atoms with Gasteiger partial charge in [0.1, 0.15) is 17.5 Å². The first-order valence-corrected chi connectivity index (χ1v) is 13.3. The summed E-state index contributed by atoms with van der Waals surface area (Å²) in [4.78, 5) is 18.3. The zero-order chi connectivity index (χ0) is 26.5. The van der Waals surface area contributed by atoms with Gasteiger partial charge in [0.15, 0.2) is 0 Å². The summed E-state index contributed by atoms with van der Waals surface area (Å²) in [5, 5.41) is 11.8. The number of amides is 1. The van der Waals surface area contributed by atoms with Crippen LogP contribution < -0.4 is 20.1 Å². The number of carbonyl (C=O) groups excluding carboxylic acids is 1. The molecule has 0 spiro atoms. The van der Waals surface area contributed by atoms with Crippen molar-refractivity contribution in [3.63, 3.8) is 0 Å². The van der Waals surface area contributed by atoms with Crippen LogP contribution in [0.25, 0.3) is 0 Å². The van der Waals surface area contributed by atoms with Crippen molar-refractivity contribution in [1.82, 2.24) is 14.8 Å². The molecule has 5 rings (SSSR count). The molecule has 194 valence electrons. The number of para-hydroxylation sites is 1. The number of allylic oxidation sites excluding steroid dienone is 1. The van der Waals surface area contributed by atoms with Gasteiger partial charge in [-0.3, -0.25) is 4.79 Å². The van der Waals surface area contributed by atoms with Crippen molar-refractivity contribution in [2.75, 3.05) is 24.4 Å². The van der Waals surface area contributed by atoms with Crippen LogP contribution in [0.4, 0.5) is 11.6 Å². The second-order valence-electron chi connectivity index (χ2n) is 8.69. The lowest BCUT2D eigenvalue weighted by Gasteiger charge is -2.28. The van der Waals surface area contributed by atoms with E-state index in [9.17, 15) is 4.79 Å². The van der Waals surface area contributed by atoms with Gasteiger partial charge < -0.3 is 20.1 Å². The fourth-order valence-corrected chi connectivity index (χ4v) is 5.11. The van der Waals surface area contributed by atoms with Crippen LogP contribution in [0.2, 0.25) is 0 Å². The van der Waals surface area contributed by atoms with Crippen LogP contribution in [0.1, 0.15) is 31.0 Å². The quantitative estimate of drug-likeness (QED) is 0.262. The van der Waals surface area contributed by atoms with Crippen LogP contribution in [0, 0.1) is 0 Å². The first-order valence-electron chi connectivity index (χ1n) is 12.3. The summed E-state index contributed by atoms with van der Waals surface area (Å²) in [6, 6.07) is 24.7. The Hall–Kier alpha value is -4.24. The van der Waals surface area contributed by atoms with Crippen LogP contribution in [0.3, 0.4) is 0 Å². The zero-order valence-corrected chi connectivity index (χ0v) is 22.3. The maximum absolute atomic E-state index is 13.6. The summed E-state index contributed by atoms with van der Waals surface area (Å²) >= 11 is 1.53. The number of nitrogens with zero attached hydrogens (tertiary/aromatic N) is 3. The highest BCUT2D eigenvalue weighted by atomic mass is 32.2. The smallest absolute Gasteiger partial charge is 0.255 e. The Morgan fingerprint density at radius 1 is 1.05 bits per heavy atom. The van der Waals surface area contributed by atoms with Gasteiger partial charge in [-0.15, -0.1) is 5.10 Å². The molecule has 8 nitrogen and oxygen atoms in total. The molecule has 1 atom stereocenters. The molecule has 9 heteroatoms. The topological polar surface area (TPSA) is 90.3 Å². The van der Waals surface area contributed by atoms with Gasteiger partial charge >= 0.3 is 0 Å². The number of benzene rings is 3. The number of nitrogens with one attached hydrogen (secondary N) is 2. The molecule has 1 amide bonds. The predicted molar refractivity (Wildman–Crippen MR) is 150 cm³/mol. The highest BCUT2D eigenvalue weighted by Crippen LogP contribution is 2.37. The number of hydrogen-bond donors (Lipinski definition) is 2. The van der Waals surface area contributed by atoms with Gasteiger partial charge in [0.25, 0.3) is 5.91 Å². The van der Waals surface area contributed by atoms with E-state index in [1.807, 2.05) is 92.7 Å². The number of hydrogen-bond acceptors (Lipinski definition) is 7. The third-order valence-electron chi connectivity index (χ3n) is 6.12. The minimum atomic E-state index is -0.468. The van der Waals surface area contributed by atoms with Crippen molar-refractivity contribution in [2.45, 2.75) is 30.8 Å². The van der Waals surface area contributed by atoms with E-state index >= 15 is 0 Å². The summed E-state index contributed by atoms with van der Waals surface area (Å²) in [7, 11) is 1.66. The molecular formula is C29H29N5O3S. The lowest BCUT2D eigenvalue weighted by molar-refractivity contribution is -0.113. The highest BCUT2D eigenvalue weighted by Gasteiger charge is 2.34. The van der Waals surface area contributed by atoms with Gasteiger partial charge in [0.05, 0.1) is 19.3 Å². The van der Waals surface area contributed by atoms with E-state index in [2.05, 4.69) is 10.6 Å². The predicted octanol–water partition coefficient (Wildman–Crippen LogP) is 5.91. The monoisotopic (exact) mass is 527 g/mol. The maximum atomic E-state index is 13.6. The minimum absolute atomic E-state index is 0.202. The maximum Gasteiger partial charge on any atom is 0.255 e. The SMILES string of the molecule is CCOc1ccc(C2C(C(=O)Nc3ccccc3)=C(C)Nc3nc(SCc4cccc(OC)c4)nn32)cc1. The van der Waals surface area contributed by atoms with E-state index in [0.717, 1.165) is 34.0 Å². The fraction of sp³-hybridized carbons (Fsp3) is 0.207. The number of anilines is 2. The van der Waals surface area contributed by atoms with E-state index in [0.29, 0.717) is 29.0 Å². The van der Waals surface area contributed by atoms with Crippen LogP contribution in [-0.4, -0.2) is 34.4 Å². The van der Waals surface area contributed by atoms with Crippen molar-refractivity contribution < 1.29 is 14.3 Å². The second-order valence-corrected chi connectivity index (χ2v) is 9.63. The molecule has 4 aromatic rings. The van der Waals surface area contributed by atoms with Crippen LogP contribution in [0.5, 0.6) is 11.5 Å². The molecule has 1 aliphatic rings. The number of ether oxygens (including phenoxy) is 2. The molecule has 0 saturated heterocycles. The van der Waals surface area contributed by atoms with E-state index in [4.69, 9.17) is 19.6 Å². The molecule has 1 aliphatic heterocycles. The van der Waals surface area contributed by atoms with E-state index in [-0.39, 0.29) is 5.91 Å². The lowest BCUT2D eigenvalue weighted by atomic mass is 9.95. The summed E-state index contributed by atoms with van der Waals surface area (Å²) in [6.07, 6.45) is 0. The average Bonchev–Trinajstić information content (AvgIpc) is 3.35. The Morgan fingerprint density at radius 3 is 2.58 bits per heavy atom. The summed E-state index contributed by atoms with van der Waals surface area (Å²) in [5.41, 5.74) is 4.03. The molecule has 2 N–H and O–H groups in total. The Labute approximate surface area is 226 Å². The number of aromatic nitrogens is 3. The number of fused-ring (bicyclic) bond motifs is 1. The van der Waals surface area contributed by atoms with Crippen molar-refractivity contribution in [1.29, 1.82) is 0 Å². The van der Waals surface area contributed by atoms with Gasteiger partial charge in [-0.2, -0.15) is 4.98 Å². The van der Waals surface area contributed by atoms with E-state index in [1.165, 1.54) is 11.8 Å². The average molecular weight is 528 g/mol. The molecule has 0 saturated carbocycles. The van der Waals surface area contributed by atoms with Gasteiger partial charge in [-0.1, -0.05) is 54.2 Å². The molecule has 1 unspecified atom stereocenters. The number of rotatable bonds is 9. The summed E-state index contributed by atoms with van der Waals surface area (Å²) in [5.74, 6) is 2.65. The van der Waals surface area contributed by atoms with E-state index in [1.54, 1.807) is 11.8 Å². The molecule has 0 fully saturated rings. The standard InChI is InChI=1S/C29H29N5O3S/c1-4-37-23-15-13-21(14-16-23)26-25(27(35)31-22-10-6-5-7-11-22)19(2)30-28-32-29(33-34(26)28)38-18-20-9-8-12-24(17-20)36-3/h5-17,26H,4,18H2,1-3H3,(H,31,35)(H,30,32,33). The Bertz CT molecular complexity index is 1450. The lowest BCUT2D eigenvalue weighted by Crippen LogP contribution is -2.31. The third-order valence-corrected chi connectivity index (χ3v) is 7.03. The third kappa shape index (κ3) is 5.52. The van der Waals surface area contributed by atoms with Gasteiger partial charge in [-0.05, 0) is 61.4 Å². The molecule has 0 radical (unpaired) electrons. The van der Waals surface area contributed by atoms with Crippen molar-refractivity contribution in [3.8, 4) is 11.5 Å². The highest BCUT2D eigenvalue weighted by molar-refractivity contribution is 7.98. The summed E-state index contributed by atoms with van der Waals surface area (Å²) < 4.78 is 12.8. The normalized spacial score (nSPS) is 14.4. The summed E-state index contributed by atoms with van der Waals surface area (Å²) in [6.45, 7) is 4.42. The molecular weight excluding hydrogens is 498 g/mol. The largest absolute Gasteiger partial charge is 0.497 e. The van der Waals surface area contributed by atoms with Crippen molar-refractivity contribution in [2.24, 2.45) is 0 Å². The fourth-order valence-electron chi connectivity index (χ4n) is 4.34. The van der Waals surface area contributed by atoms with Crippen LogP contribution >= 0.6 is 11.8 Å². The molecule has 0 bridgehead atoms. The first kappa shape index (κ1) is 25.4. The van der Waals surface area contributed by atoms with Crippen molar-refractivity contribution >= 4 is 29.3 Å². The molecule has 1 aromatic heterocycles. The Morgan fingerprint density at radius 2 is 1.84 bits per heavy atom. The minimum Gasteiger partial charge on any atom is -0.497 e. The van der Waals surface area contributed by atoms with Crippen LogP contribution in [0.15, 0.2) is 95.3 Å². The van der Waals surface area contributed by atoms with Crippen LogP contribution in [-0.2, 0) is 10.5 Å². The first-order chi connectivity index (χ1) is 18.6. The Kier molecular flexibility index (Phi) is 7.65. The number of thioether (sulfide) groups is 1. The van der Waals surface area contributed by atoms with Gasteiger partial charge in [0.2, 0.25) is 11.1 Å². The van der Waals surface area contributed by atoms with Crippen molar-refractivity contribution in [3.05, 3.63) is 101 Å². The zero-order valence-electron chi connectivity index (χ0n) is 21.5. The second kappa shape index (κ2) is 11.4. The van der Waals surface area contributed by atoms with Gasteiger partial charge in [0, 0.05) is 17.1 Å². The molecule has 2 heterocycles. The number of carbonyl (C=O) groups is 1. The molecule has 3 aromatic carbocycles. The van der Waals surface area contributed by atoms with Gasteiger partial charge in [-0.25, -0.2) is 4.68 Å². The molecule has 0 aliphatic carbocycles.